The number of carbonyl (C=O) groups excluding carboxylic acids is 1. The number of sulfonamides is 1. The second kappa shape index (κ2) is 19.6. The quantitative estimate of drug-likeness (QED) is 0.0344. The van der Waals surface area contributed by atoms with Gasteiger partial charge in [-0.2, -0.15) is 8.91 Å². The predicted molar refractivity (Wildman–Crippen MR) is 221 cm³/mol. The first kappa shape index (κ1) is 45.6. The summed E-state index contributed by atoms with van der Waals surface area (Å²) >= 11 is 1.88. The lowest BCUT2D eigenvalue weighted by Gasteiger charge is -2.25. The van der Waals surface area contributed by atoms with Crippen molar-refractivity contribution < 1.29 is 47.0 Å². The monoisotopic (exact) mass is 829 g/mol. The SMILES string of the molecule is CCN1/C(=C/C=C/C=C/C=C/C2=[N+](CCCSOO[O-])c3ccc(SOOO)cc3C2(C)C)C(C)(C)c2cc(S(=O)(=O)N(C)CCCC(=O)C(C)(C)C)ccc21. The predicted octanol–water partition coefficient (Wildman–Crippen LogP) is 8.14. The summed E-state index contributed by atoms with van der Waals surface area (Å²) in [6.45, 7) is 17.9. The van der Waals surface area contributed by atoms with Crippen LogP contribution in [0.4, 0.5) is 11.4 Å². The van der Waals surface area contributed by atoms with Crippen molar-refractivity contribution in [3.05, 3.63) is 95.8 Å². The average molecular weight is 830 g/mol. The number of Topliss-reactive ketones (excluding diaryl/α,β-unsaturated/α-hetero) is 1. The van der Waals surface area contributed by atoms with Crippen LogP contribution in [-0.2, 0) is 44.4 Å². The molecule has 0 radical (unpaired) electrons. The highest BCUT2D eigenvalue weighted by atomic mass is 32.2. The maximum absolute atomic E-state index is 13.6. The first-order chi connectivity index (χ1) is 26.4. The van der Waals surface area contributed by atoms with Crippen molar-refractivity contribution in [2.45, 2.75) is 95.3 Å². The van der Waals surface area contributed by atoms with Gasteiger partial charge in [-0.25, -0.2) is 18.0 Å². The molecule has 12 nitrogen and oxygen atoms in total. The molecular weight excluding hydrogens is 775 g/mol. The zero-order valence-electron chi connectivity index (χ0n) is 33.7. The molecule has 0 bridgehead atoms. The van der Waals surface area contributed by atoms with Crippen LogP contribution in [0.2, 0.25) is 0 Å². The fraction of sp³-hybridized carbons (Fsp3) is 0.463. The van der Waals surface area contributed by atoms with E-state index in [4.69, 9.17) is 5.26 Å². The second-order valence-electron chi connectivity index (χ2n) is 15.7. The molecule has 2 heterocycles. The molecule has 2 aliphatic heterocycles. The second-order valence-corrected chi connectivity index (χ2v) is 19.3. The summed E-state index contributed by atoms with van der Waals surface area (Å²) in [4.78, 5) is 15.6. The van der Waals surface area contributed by atoms with Gasteiger partial charge in [0.05, 0.1) is 22.4 Å². The molecule has 2 aromatic rings. The number of ketones is 1. The lowest BCUT2D eigenvalue weighted by Crippen LogP contribution is -2.29. The Bertz CT molecular complexity index is 1980. The first-order valence-corrected chi connectivity index (χ1v) is 21.7. The Balaban J connectivity index is 1.50. The molecule has 15 heteroatoms. The summed E-state index contributed by atoms with van der Waals surface area (Å²) in [7, 11) is -2.18. The number of hydrogen-bond donors (Lipinski definition) is 1. The largest absolute Gasteiger partial charge is 0.691 e. The highest BCUT2D eigenvalue weighted by molar-refractivity contribution is 7.94. The number of carbonyl (C=O) groups is 1. The lowest BCUT2D eigenvalue weighted by atomic mass is 9.81. The van der Waals surface area contributed by atoms with E-state index >= 15 is 0 Å². The lowest BCUT2D eigenvalue weighted by molar-refractivity contribution is -0.777. The highest BCUT2D eigenvalue weighted by Gasteiger charge is 2.44. The number of nitrogens with zero attached hydrogens (tertiary/aromatic N) is 3. The standard InChI is InChI=1S/C41H55N3O9S3/c1-10-43-34-24-22-31(56(48,49)42(9)25-16-20-38(45)39(2,3)4)29-33(34)41(7,8)36(43)18-14-12-11-13-15-19-37-40(5,6)32-28-30(55-53-51-47)21-23-35(32)44(37)26-17-27-54-52-50-46/h11-15,18-19,21-24,28-29H,10,16-17,20,25-27H2,1-9H3,(H-,46,47). The van der Waals surface area contributed by atoms with Crippen molar-refractivity contribution >= 4 is 57.0 Å². The molecule has 0 saturated heterocycles. The van der Waals surface area contributed by atoms with Crippen LogP contribution in [0.5, 0.6) is 0 Å². The van der Waals surface area contributed by atoms with Crippen LogP contribution >= 0.6 is 24.1 Å². The molecule has 0 aliphatic carbocycles. The summed E-state index contributed by atoms with van der Waals surface area (Å²) in [5.41, 5.74) is 4.97. The van der Waals surface area contributed by atoms with Crippen LogP contribution in [0, 0.1) is 5.41 Å². The van der Waals surface area contributed by atoms with E-state index in [1.807, 2.05) is 75.4 Å². The zero-order valence-corrected chi connectivity index (χ0v) is 36.2. The zero-order chi connectivity index (χ0) is 41.3. The van der Waals surface area contributed by atoms with Gasteiger partial charge in [-0.1, -0.05) is 70.0 Å². The number of likely N-dealkylation sites (N-methyl/N-ethyl adjacent to an activating group) is 1. The third-order valence-electron chi connectivity index (χ3n) is 10.3. The van der Waals surface area contributed by atoms with Crippen LogP contribution in [0.15, 0.2) is 94.4 Å². The van der Waals surface area contributed by atoms with Gasteiger partial charge in [0.1, 0.15) is 12.3 Å². The summed E-state index contributed by atoms with van der Waals surface area (Å²) < 4.78 is 39.9. The molecule has 4 rings (SSSR count). The van der Waals surface area contributed by atoms with Gasteiger partial charge < -0.3 is 10.2 Å². The molecule has 0 amide bonds. The topological polar surface area (TPSA) is 141 Å². The fourth-order valence-electron chi connectivity index (χ4n) is 7.12. The van der Waals surface area contributed by atoms with Crippen LogP contribution in [0.3, 0.4) is 0 Å². The Morgan fingerprint density at radius 2 is 1.70 bits per heavy atom. The minimum atomic E-state index is -3.75. The van der Waals surface area contributed by atoms with E-state index in [0.29, 0.717) is 25.1 Å². The fourth-order valence-corrected chi connectivity index (χ4v) is 9.11. The van der Waals surface area contributed by atoms with Gasteiger partial charge in [-0.05, 0) is 69.2 Å². The van der Waals surface area contributed by atoms with E-state index in [0.717, 1.165) is 75.9 Å². The van der Waals surface area contributed by atoms with Gasteiger partial charge in [0.2, 0.25) is 15.7 Å². The summed E-state index contributed by atoms with van der Waals surface area (Å²) in [6.07, 6.45) is 15.6. The molecule has 0 spiro atoms. The first-order valence-electron chi connectivity index (χ1n) is 18.6. The molecular formula is C41H55N3O9S3. The highest BCUT2D eigenvalue weighted by Crippen LogP contribution is 2.48. The van der Waals surface area contributed by atoms with Crippen LogP contribution in [0.1, 0.15) is 85.8 Å². The number of fused-ring (bicyclic) bond motifs is 2. The molecule has 56 heavy (non-hydrogen) atoms. The van der Waals surface area contributed by atoms with E-state index in [9.17, 15) is 18.5 Å². The van der Waals surface area contributed by atoms with Crippen molar-refractivity contribution in [1.82, 2.24) is 4.31 Å². The number of allylic oxidation sites excluding steroid dienone is 8. The third-order valence-corrected chi connectivity index (χ3v) is 13.3. The number of benzene rings is 2. The number of anilines is 1. The average Bonchev–Trinajstić information content (AvgIpc) is 3.50. The van der Waals surface area contributed by atoms with Gasteiger partial charge in [0, 0.05) is 95.6 Å². The van der Waals surface area contributed by atoms with Gasteiger partial charge in [-0.3, -0.25) is 9.83 Å². The van der Waals surface area contributed by atoms with E-state index in [1.165, 1.54) is 4.31 Å². The molecule has 2 aliphatic rings. The summed E-state index contributed by atoms with van der Waals surface area (Å²) in [5.74, 6) is 0.688. The molecule has 0 atom stereocenters. The molecule has 0 fully saturated rings. The van der Waals surface area contributed by atoms with E-state index in [-0.39, 0.29) is 22.6 Å². The molecule has 0 aromatic heterocycles. The third kappa shape index (κ3) is 10.5. The summed E-state index contributed by atoms with van der Waals surface area (Å²) in [5, 5.41) is 26.1. The Hall–Kier alpha value is -3.09. The smallest absolute Gasteiger partial charge is 0.242 e. The Kier molecular flexibility index (Phi) is 15.9. The molecule has 0 unspecified atom stereocenters. The maximum atomic E-state index is 13.6. The van der Waals surface area contributed by atoms with Crippen molar-refractivity contribution in [2.75, 3.05) is 37.3 Å². The molecule has 1 N–H and O–H groups in total. The van der Waals surface area contributed by atoms with Crippen LogP contribution < -0.4 is 10.2 Å². The Morgan fingerprint density at radius 3 is 2.38 bits per heavy atom. The number of rotatable bonds is 20. The van der Waals surface area contributed by atoms with Gasteiger partial charge >= 0.3 is 0 Å². The summed E-state index contributed by atoms with van der Waals surface area (Å²) in [6, 6.07) is 11.3. The van der Waals surface area contributed by atoms with Crippen molar-refractivity contribution in [2.24, 2.45) is 5.41 Å². The Labute approximate surface area is 340 Å². The van der Waals surface area contributed by atoms with E-state index < -0.39 is 20.9 Å². The minimum Gasteiger partial charge on any atom is -0.691 e. The normalized spacial score (nSPS) is 17.4. The molecule has 306 valence electrons. The van der Waals surface area contributed by atoms with Crippen LogP contribution in [0.25, 0.3) is 0 Å². The van der Waals surface area contributed by atoms with E-state index in [2.05, 4.69) is 75.0 Å². The molecule has 2 aromatic carbocycles. The minimum absolute atomic E-state index is 0.120. The Morgan fingerprint density at radius 1 is 0.982 bits per heavy atom. The van der Waals surface area contributed by atoms with Crippen molar-refractivity contribution in [3.63, 3.8) is 0 Å². The maximum Gasteiger partial charge on any atom is 0.242 e. The van der Waals surface area contributed by atoms with Gasteiger partial charge in [-0.15, -0.1) is 4.33 Å². The van der Waals surface area contributed by atoms with E-state index in [1.54, 1.807) is 19.2 Å². The van der Waals surface area contributed by atoms with Crippen LogP contribution in [-0.4, -0.2) is 66.5 Å². The van der Waals surface area contributed by atoms with Crippen molar-refractivity contribution in [3.8, 4) is 0 Å². The molecule has 0 saturated carbocycles. The number of hydrogen-bond acceptors (Lipinski definition) is 12. The van der Waals surface area contributed by atoms with Gasteiger partial charge in [0.25, 0.3) is 0 Å². The van der Waals surface area contributed by atoms with Gasteiger partial charge in [0.15, 0.2) is 5.71 Å². The van der Waals surface area contributed by atoms with Crippen molar-refractivity contribution in [1.29, 1.82) is 0 Å².